The van der Waals surface area contributed by atoms with Crippen molar-refractivity contribution in [2.45, 2.75) is 25.9 Å². The Morgan fingerprint density at radius 1 is 1.12 bits per heavy atom. The van der Waals surface area contributed by atoms with E-state index in [1.807, 2.05) is 37.3 Å². The van der Waals surface area contributed by atoms with Crippen LogP contribution in [0, 0.1) is 6.92 Å². The van der Waals surface area contributed by atoms with E-state index in [0.29, 0.717) is 30.2 Å². The number of benzene rings is 2. The lowest BCUT2D eigenvalue weighted by molar-refractivity contribution is -0.124. The van der Waals surface area contributed by atoms with Gasteiger partial charge < -0.3 is 20.1 Å². The number of nitrogens with one attached hydrogen (secondary N) is 2. The second kappa shape index (κ2) is 8.49. The van der Waals surface area contributed by atoms with Gasteiger partial charge in [0.2, 0.25) is 0 Å². The second-order valence-electron chi connectivity index (χ2n) is 6.19. The molecule has 2 N–H and O–H groups in total. The van der Waals surface area contributed by atoms with Crippen molar-refractivity contribution in [3.05, 3.63) is 54.1 Å². The Kier molecular flexibility index (Phi) is 5.86. The Balaban J connectivity index is 1.63. The van der Waals surface area contributed by atoms with Gasteiger partial charge in [0.1, 0.15) is 11.9 Å². The van der Waals surface area contributed by atoms with Crippen LogP contribution in [-0.2, 0) is 14.3 Å². The largest absolute Gasteiger partial charge is 0.484 e. The van der Waals surface area contributed by atoms with Crippen LogP contribution in [0.4, 0.5) is 11.4 Å². The Morgan fingerprint density at radius 3 is 2.65 bits per heavy atom. The van der Waals surface area contributed by atoms with Crippen molar-refractivity contribution in [2.75, 3.05) is 23.8 Å². The van der Waals surface area contributed by atoms with Crippen molar-refractivity contribution in [1.29, 1.82) is 0 Å². The van der Waals surface area contributed by atoms with Gasteiger partial charge in [0.15, 0.2) is 6.61 Å². The number of para-hydroxylation sites is 1. The molecule has 1 heterocycles. The summed E-state index contributed by atoms with van der Waals surface area (Å²) in [6, 6.07) is 14.6. The number of hydrogen-bond acceptors (Lipinski definition) is 4. The Morgan fingerprint density at radius 2 is 1.92 bits per heavy atom. The van der Waals surface area contributed by atoms with Crippen LogP contribution in [0.3, 0.4) is 0 Å². The van der Waals surface area contributed by atoms with Gasteiger partial charge in [-0.05, 0) is 49.6 Å². The van der Waals surface area contributed by atoms with E-state index in [0.717, 1.165) is 12.0 Å². The maximum absolute atomic E-state index is 12.3. The van der Waals surface area contributed by atoms with Gasteiger partial charge >= 0.3 is 0 Å². The molecule has 0 spiro atoms. The number of aryl methyl sites for hydroxylation is 1. The highest BCUT2D eigenvalue weighted by molar-refractivity contribution is 6.01. The zero-order valence-corrected chi connectivity index (χ0v) is 14.7. The third-order valence-electron chi connectivity index (χ3n) is 4.04. The normalized spacial score (nSPS) is 16.1. The summed E-state index contributed by atoms with van der Waals surface area (Å²) in [6.45, 7) is 2.41. The molecule has 1 unspecified atom stereocenters. The summed E-state index contributed by atoms with van der Waals surface area (Å²) in [4.78, 5) is 24.5. The van der Waals surface area contributed by atoms with Crippen LogP contribution in [0.1, 0.15) is 18.4 Å². The van der Waals surface area contributed by atoms with Crippen molar-refractivity contribution < 1.29 is 19.1 Å². The van der Waals surface area contributed by atoms with Crippen LogP contribution in [0.5, 0.6) is 5.75 Å². The van der Waals surface area contributed by atoms with Crippen LogP contribution < -0.4 is 15.4 Å². The van der Waals surface area contributed by atoms with E-state index in [2.05, 4.69) is 10.6 Å². The number of carbonyl (C=O) groups excluding carboxylic acids is 2. The number of carbonyl (C=O) groups is 2. The first-order valence-electron chi connectivity index (χ1n) is 8.62. The summed E-state index contributed by atoms with van der Waals surface area (Å²) in [5.74, 6) is 0.132. The van der Waals surface area contributed by atoms with Gasteiger partial charge in [0.25, 0.3) is 11.8 Å². The van der Waals surface area contributed by atoms with Crippen LogP contribution in [0.25, 0.3) is 0 Å². The SMILES string of the molecule is Cc1ccc(NC(=O)COc2ccccc2)c(NC(=O)C2CCCO2)c1. The fourth-order valence-electron chi connectivity index (χ4n) is 2.72. The van der Waals surface area contributed by atoms with Crippen LogP contribution in [0.15, 0.2) is 48.5 Å². The van der Waals surface area contributed by atoms with Gasteiger partial charge in [-0.25, -0.2) is 0 Å². The molecule has 0 saturated carbocycles. The molecular formula is C20H22N2O4. The first kappa shape index (κ1) is 17.9. The first-order chi connectivity index (χ1) is 12.6. The minimum atomic E-state index is -0.430. The molecule has 1 aliphatic rings. The molecular weight excluding hydrogens is 332 g/mol. The Labute approximate surface area is 152 Å². The monoisotopic (exact) mass is 354 g/mol. The molecule has 2 amide bonds. The number of rotatable bonds is 6. The van der Waals surface area contributed by atoms with Gasteiger partial charge in [-0.1, -0.05) is 24.3 Å². The molecule has 2 aromatic rings. The van der Waals surface area contributed by atoms with E-state index in [9.17, 15) is 9.59 Å². The lowest BCUT2D eigenvalue weighted by Gasteiger charge is -2.15. The molecule has 1 fully saturated rings. The van der Waals surface area contributed by atoms with Gasteiger partial charge in [-0.15, -0.1) is 0 Å². The van der Waals surface area contributed by atoms with Crippen molar-refractivity contribution in [1.82, 2.24) is 0 Å². The predicted octanol–water partition coefficient (Wildman–Crippen LogP) is 3.13. The van der Waals surface area contributed by atoms with Crippen molar-refractivity contribution >= 4 is 23.2 Å². The van der Waals surface area contributed by atoms with Gasteiger partial charge in [-0.3, -0.25) is 9.59 Å². The summed E-state index contributed by atoms with van der Waals surface area (Å²) in [5.41, 5.74) is 2.06. The average molecular weight is 354 g/mol. The van der Waals surface area contributed by atoms with Crippen LogP contribution in [-0.4, -0.2) is 31.1 Å². The van der Waals surface area contributed by atoms with Gasteiger partial charge in [0, 0.05) is 6.61 Å². The number of hydrogen-bond donors (Lipinski definition) is 2. The van der Waals surface area contributed by atoms with Crippen molar-refractivity contribution in [3.63, 3.8) is 0 Å². The van der Waals surface area contributed by atoms with Crippen LogP contribution in [0.2, 0.25) is 0 Å². The second-order valence-corrected chi connectivity index (χ2v) is 6.19. The predicted molar refractivity (Wildman–Crippen MR) is 99.3 cm³/mol. The van der Waals surface area contributed by atoms with Gasteiger partial charge in [0.05, 0.1) is 11.4 Å². The molecule has 1 atom stereocenters. The van der Waals surface area contributed by atoms with Crippen molar-refractivity contribution in [2.24, 2.45) is 0 Å². The van der Waals surface area contributed by atoms with E-state index in [1.165, 1.54) is 0 Å². The smallest absolute Gasteiger partial charge is 0.262 e. The molecule has 6 heteroatoms. The fraction of sp³-hybridized carbons (Fsp3) is 0.300. The molecule has 1 aliphatic heterocycles. The lowest BCUT2D eigenvalue weighted by atomic mass is 10.1. The highest BCUT2D eigenvalue weighted by atomic mass is 16.5. The molecule has 26 heavy (non-hydrogen) atoms. The summed E-state index contributed by atoms with van der Waals surface area (Å²) in [7, 11) is 0. The highest BCUT2D eigenvalue weighted by Gasteiger charge is 2.24. The average Bonchev–Trinajstić information content (AvgIpc) is 3.18. The fourth-order valence-corrected chi connectivity index (χ4v) is 2.72. The molecule has 0 bridgehead atoms. The molecule has 0 aromatic heterocycles. The molecule has 1 saturated heterocycles. The molecule has 3 rings (SSSR count). The molecule has 2 aromatic carbocycles. The molecule has 0 radical (unpaired) electrons. The maximum atomic E-state index is 12.3. The topological polar surface area (TPSA) is 76.7 Å². The van der Waals surface area contributed by atoms with E-state index in [1.54, 1.807) is 18.2 Å². The molecule has 0 aliphatic carbocycles. The Bertz CT molecular complexity index is 771. The summed E-state index contributed by atoms with van der Waals surface area (Å²) in [6.07, 6.45) is 1.16. The van der Waals surface area contributed by atoms with E-state index < -0.39 is 6.10 Å². The first-order valence-corrected chi connectivity index (χ1v) is 8.62. The number of ether oxygens (including phenoxy) is 2. The number of anilines is 2. The van der Waals surface area contributed by atoms with Crippen LogP contribution >= 0.6 is 0 Å². The highest BCUT2D eigenvalue weighted by Crippen LogP contribution is 2.24. The van der Waals surface area contributed by atoms with E-state index in [4.69, 9.17) is 9.47 Å². The summed E-state index contributed by atoms with van der Waals surface area (Å²) in [5, 5.41) is 5.64. The zero-order valence-electron chi connectivity index (χ0n) is 14.7. The third kappa shape index (κ3) is 4.83. The maximum Gasteiger partial charge on any atom is 0.262 e. The minimum absolute atomic E-state index is 0.114. The van der Waals surface area contributed by atoms with Crippen molar-refractivity contribution in [3.8, 4) is 5.75 Å². The summed E-state index contributed by atoms with van der Waals surface area (Å²) >= 11 is 0. The zero-order chi connectivity index (χ0) is 18.4. The van der Waals surface area contributed by atoms with Gasteiger partial charge in [-0.2, -0.15) is 0 Å². The molecule has 136 valence electrons. The molecule has 6 nitrogen and oxygen atoms in total. The standard InChI is InChI=1S/C20H22N2O4/c1-14-9-10-16(17(12-14)22-20(24)18-8-5-11-25-18)21-19(23)13-26-15-6-3-2-4-7-15/h2-4,6-7,9-10,12,18H,5,8,11,13H2,1H3,(H,21,23)(H,22,24). The van der Waals surface area contributed by atoms with E-state index >= 15 is 0 Å². The Hall–Kier alpha value is -2.86. The minimum Gasteiger partial charge on any atom is -0.484 e. The quantitative estimate of drug-likeness (QED) is 0.836. The van der Waals surface area contributed by atoms with E-state index in [-0.39, 0.29) is 18.4 Å². The third-order valence-corrected chi connectivity index (χ3v) is 4.04. The number of amides is 2. The lowest BCUT2D eigenvalue weighted by Crippen LogP contribution is -2.28. The summed E-state index contributed by atoms with van der Waals surface area (Å²) < 4.78 is 10.9.